The van der Waals surface area contributed by atoms with Crippen LogP contribution in [0.2, 0.25) is 0 Å². The summed E-state index contributed by atoms with van der Waals surface area (Å²) in [6, 6.07) is 0.197. The number of rotatable bonds is 4. The van der Waals surface area contributed by atoms with Gasteiger partial charge in [0.15, 0.2) is 0 Å². The Bertz CT molecular complexity index is 411. The van der Waals surface area contributed by atoms with Crippen LogP contribution in [0, 0.1) is 0 Å². The van der Waals surface area contributed by atoms with E-state index in [9.17, 15) is 5.11 Å². The second-order valence-corrected chi connectivity index (χ2v) is 6.32. The first-order chi connectivity index (χ1) is 8.94. The van der Waals surface area contributed by atoms with Crippen molar-refractivity contribution in [2.24, 2.45) is 0 Å². The van der Waals surface area contributed by atoms with E-state index in [4.69, 9.17) is 4.74 Å². The SMILES string of the molecule is CO[C@@H]1C[C@@H](CO)N(Cc2cnn(C(C)(C)C)c2)C1. The molecule has 1 N–H and O–H groups in total. The van der Waals surface area contributed by atoms with Crippen LogP contribution in [-0.2, 0) is 16.8 Å². The fourth-order valence-corrected chi connectivity index (χ4v) is 2.54. The summed E-state index contributed by atoms with van der Waals surface area (Å²) in [7, 11) is 1.74. The normalized spacial score (nSPS) is 25.1. The van der Waals surface area contributed by atoms with Crippen molar-refractivity contribution in [3.63, 3.8) is 0 Å². The quantitative estimate of drug-likeness (QED) is 0.891. The molecule has 0 radical (unpaired) electrons. The lowest BCUT2D eigenvalue weighted by Gasteiger charge is -2.22. The fourth-order valence-electron chi connectivity index (χ4n) is 2.54. The van der Waals surface area contributed by atoms with E-state index in [1.165, 1.54) is 5.56 Å². The van der Waals surface area contributed by atoms with Gasteiger partial charge in [-0.05, 0) is 27.2 Å². The molecule has 2 heterocycles. The lowest BCUT2D eigenvalue weighted by Crippen LogP contribution is -2.31. The van der Waals surface area contributed by atoms with E-state index in [-0.39, 0.29) is 24.3 Å². The number of ether oxygens (including phenoxy) is 1. The van der Waals surface area contributed by atoms with Gasteiger partial charge in [-0.2, -0.15) is 5.10 Å². The summed E-state index contributed by atoms with van der Waals surface area (Å²) in [6.45, 7) is 8.29. The lowest BCUT2D eigenvalue weighted by molar-refractivity contribution is 0.107. The maximum atomic E-state index is 9.44. The molecule has 2 atom stereocenters. The Morgan fingerprint density at radius 2 is 2.21 bits per heavy atom. The van der Waals surface area contributed by atoms with Crippen LogP contribution >= 0.6 is 0 Å². The highest BCUT2D eigenvalue weighted by molar-refractivity contribution is 5.06. The van der Waals surface area contributed by atoms with Crippen LogP contribution in [0.25, 0.3) is 0 Å². The molecule has 2 rings (SSSR count). The van der Waals surface area contributed by atoms with Crippen molar-refractivity contribution in [1.29, 1.82) is 0 Å². The molecule has 1 aromatic heterocycles. The van der Waals surface area contributed by atoms with E-state index in [0.717, 1.165) is 19.5 Å². The Morgan fingerprint density at radius 1 is 1.47 bits per heavy atom. The number of hydrogen-bond donors (Lipinski definition) is 1. The molecule has 1 aliphatic rings. The minimum Gasteiger partial charge on any atom is -0.395 e. The second kappa shape index (κ2) is 5.61. The molecule has 1 saturated heterocycles. The number of aromatic nitrogens is 2. The maximum Gasteiger partial charge on any atom is 0.0714 e. The first-order valence-electron chi connectivity index (χ1n) is 6.85. The smallest absolute Gasteiger partial charge is 0.0714 e. The number of aliphatic hydroxyl groups is 1. The molecular formula is C14H25N3O2. The molecule has 0 saturated carbocycles. The minimum atomic E-state index is 0.00864. The molecule has 5 heteroatoms. The van der Waals surface area contributed by atoms with Crippen LogP contribution < -0.4 is 0 Å². The molecule has 1 aromatic rings. The standard InChI is InChI=1S/C14H25N3O2/c1-14(2,3)17-8-11(6-15-17)7-16-9-13(19-4)5-12(16)10-18/h6,8,12-13,18H,5,7,9-10H2,1-4H3/t12-,13+/m0/s1. The third kappa shape index (κ3) is 3.35. The predicted molar refractivity (Wildman–Crippen MR) is 73.9 cm³/mol. The zero-order chi connectivity index (χ0) is 14.0. The maximum absolute atomic E-state index is 9.44. The van der Waals surface area contributed by atoms with E-state index < -0.39 is 0 Å². The fraction of sp³-hybridized carbons (Fsp3) is 0.786. The summed E-state index contributed by atoms with van der Waals surface area (Å²) >= 11 is 0. The van der Waals surface area contributed by atoms with Crippen molar-refractivity contribution in [3.8, 4) is 0 Å². The van der Waals surface area contributed by atoms with Crippen molar-refractivity contribution in [2.45, 2.75) is 51.4 Å². The number of likely N-dealkylation sites (tertiary alicyclic amines) is 1. The molecular weight excluding hydrogens is 242 g/mol. The van der Waals surface area contributed by atoms with Gasteiger partial charge in [-0.1, -0.05) is 0 Å². The minimum absolute atomic E-state index is 0.00864. The molecule has 0 amide bonds. The predicted octanol–water partition coefficient (Wildman–Crippen LogP) is 1.22. The lowest BCUT2D eigenvalue weighted by atomic mass is 10.1. The third-order valence-corrected chi connectivity index (χ3v) is 3.74. The van der Waals surface area contributed by atoms with Gasteiger partial charge in [0, 0.05) is 38.0 Å². The van der Waals surface area contributed by atoms with Crippen molar-refractivity contribution in [3.05, 3.63) is 18.0 Å². The highest BCUT2D eigenvalue weighted by Crippen LogP contribution is 2.22. The second-order valence-electron chi connectivity index (χ2n) is 6.32. The van der Waals surface area contributed by atoms with Gasteiger partial charge in [-0.15, -0.1) is 0 Å². The van der Waals surface area contributed by atoms with E-state index >= 15 is 0 Å². The van der Waals surface area contributed by atoms with Crippen LogP contribution in [0.4, 0.5) is 0 Å². The van der Waals surface area contributed by atoms with E-state index in [1.807, 2.05) is 10.9 Å². The molecule has 19 heavy (non-hydrogen) atoms. The molecule has 108 valence electrons. The van der Waals surface area contributed by atoms with Crippen molar-refractivity contribution < 1.29 is 9.84 Å². The summed E-state index contributed by atoms with van der Waals surface area (Å²) in [6.07, 6.45) is 5.14. The van der Waals surface area contributed by atoms with Crippen molar-refractivity contribution in [1.82, 2.24) is 14.7 Å². The summed E-state index contributed by atoms with van der Waals surface area (Å²) in [4.78, 5) is 2.28. The van der Waals surface area contributed by atoms with Gasteiger partial charge in [0.25, 0.3) is 0 Å². The molecule has 0 spiro atoms. The summed E-state index contributed by atoms with van der Waals surface area (Å²) in [5.74, 6) is 0. The Kier molecular flexibility index (Phi) is 4.28. The first-order valence-corrected chi connectivity index (χ1v) is 6.85. The van der Waals surface area contributed by atoms with Crippen LogP contribution in [-0.4, -0.2) is 52.2 Å². The molecule has 0 unspecified atom stereocenters. The molecule has 0 bridgehead atoms. The van der Waals surface area contributed by atoms with Crippen LogP contribution in [0.15, 0.2) is 12.4 Å². The highest BCUT2D eigenvalue weighted by atomic mass is 16.5. The largest absolute Gasteiger partial charge is 0.395 e. The zero-order valence-electron chi connectivity index (χ0n) is 12.3. The first kappa shape index (κ1) is 14.5. The summed E-state index contributed by atoms with van der Waals surface area (Å²) in [5.41, 5.74) is 1.19. The van der Waals surface area contributed by atoms with Gasteiger partial charge in [0.05, 0.1) is 24.4 Å². The number of methoxy groups -OCH3 is 1. The molecule has 0 aliphatic carbocycles. The van der Waals surface area contributed by atoms with Gasteiger partial charge in [0.2, 0.25) is 0 Å². The van der Waals surface area contributed by atoms with Crippen molar-refractivity contribution in [2.75, 3.05) is 20.3 Å². The van der Waals surface area contributed by atoms with E-state index in [1.54, 1.807) is 7.11 Å². The van der Waals surface area contributed by atoms with Gasteiger partial charge in [-0.3, -0.25) is 9.58 Å². The third-order valence-electron chi connectivity index (χ3n) is 3.74. The molecule has 1 fully saturated rings. The Hall–Kier alpha value is -0.910. The van der Waals surface area contributed by atoms with Gasteiger partial charge in [-0.25, -0.2) is 0 Å². The average molecular weight is 267 g/mol. The highest BCUT2D eigenvalue weighted by Gasteiger charge is 2.31. The average Bonchev–Trinajstić information content (AvgIpc) is 2.95. The Labute approximate surface area is 115 Å². The zero-order valence-corrected chi connectivity index (χ0v) is 12.3. The number of hydrogen-bond acceptors (Lipinski definition) is 4. The molecule has 1 aliphatic heterocycles. The van der Waals surface area contributed by atoms with E-state index in [0.29, 0.717) is 0 Å². The Morgan fingerprint density at radius 3 is 2.74 bits per heavy atom. The van der Waals surface area contributed by atoms with Gasteiger partial charge >= 0.3 is 0 Å². The number of aliphatic hydroxyl groups excluding tert-OH is 1. The Balaban J connectivity index is 2.02. The summed E-state index contributed by atoms with van der Waals surface area (Å²) < 4.78 is 7.38. The van der Waals surface area contributed by atoms with Crippen LogP contribution in [0.1, 0.15) is 32.8 Å². The summed E-state index contributed by atoms with van der Waals surface area (Å²) in [5, 5.41) is 13.9. The van der Waals surface area contributed by atoms with Crippen LogP contribution in [0.3, 0.4) is 0 Å². The van der Waals surface area contributed by atoms with Gasteiger partial charge < -0.3 is 9.84 Å². The van der Waals surface area contributed by atoms with Crippen LogP contribution in [0.5, 0.6) is 0 Å². The monoisotopic (exact) mass is 267 g/mol. The van der Waals surface area contributed by atoms with E-state index in [2.05, 4.69) is 37.0 Å². The molecule has 5 nitrogen and oxygen atoms in total. The molecule has 0 aromatic carbocycles. The topological polar surface area (TPSA) is 50.5 Å². The number of nitrogens with zero attached hydrogens (tertiary/aromatic N) is 3. The van der Waals surface area contributed by atoms with Crippen molar-refractivity contribution >= 4 is 0 Å². The van der Waals surface area contributed by atoms with Gasteiger partial charge in [0.1, 0.15) is 0 Å².